The van der Waals surface area contributed by atoms with Crippen molar-refractivity contribution >= 4 is 0 Å². The van der Waals surface area contributed by atoms with Crippen molar-refractivity contribution in [3.05, 3.63) is 93.0 Å². The van der Waals surface area contributed by atoms with Gasteiger partial charge in [-0.25, -0.2) is 0 Å². The van der Waals surface area contributed by atoms with Gasteiger partial charge in [0.15, 0.2) is 0 Å². The van der Waals surface area contributed by atoms with Crippen LogP contribution in [0.1, 0.15) is 147 Å². The first kappa shape index (κ1) is 56.8. The van der Waals surface area contributed by atoms with E-state index in [0.29, 0.717) is 106 Å². The van der Waals surface area contributed by atoms with E-state index in [2.05, 4.69) is 76.2 Å². The van der Waals surface area contributed by atoms with Gasteiger partial charge in [-0.3, -0.25) is 0 Å². The summed E-state index contributed by atoms with van der Waals surface area (Å²) in [5.41, 5.74) is 8.25. The maximum atomic E-state index is 6.85. The van der Waals surface area contributed by atoms with Crippen LogP contribution in [0.2, 0.25) is 0 Å². The Morgan fingerprint density at radius 1 is 0.284 bits per heavy atom. The first-order chi connectivity index (χ1) is 36.4. The number of methoxy groups -OCH3 is 4. The number of ether oxygens (including phenoxy) is 14. The van der Waals surface area contributed by atoms with Gasteiger partial charge >= 0.3 is 0 Å². The van der Waals surface area contributed by atoms with Crippen LogP contribution in [-0.2, 0) is 28.4 Å². The molecular weight excluding hydrogens is 945 g/mol. The standard InChI is InChI=1S/C60H84O14/c1-9-13-41-45-33-51-44(16-12-4)48-36-50-42(14-10-2)46-34-52(60(38-54(46)62-6)74-32-28-70-24-20-66-18-22-68-26-30-72-58(50)40-56(48)64-8)43(15-11-3)47-35-49(41)57(39-55(47)63-7)71-29-25-67-21-17-65-19-23-69-27-31-73-59(51)37-53(45)61-5/h33-44H,9-32H2,1-8H3. The molecule has 0 saturated carbocycles. The van der Waals surface area contributed by atoms with E-state index in [1.165, 1.54) is 0 Å². The average molecular weight is 1030 g/mol. The van der Waals surface area contributed by atoms with Crippen LogP contribution in [0, 0.1) is 0 Å². The molecule has 4 aliphatic rings. The van der Waals surface area contributed by atoms with Gasteiger partial charge in [0.25, 0.3) is 0 Å². The molecule has 74 heavy (non-hydrogen) atoms. The van der Waals surface area contributed by atoms with E-state index in [9.17, 15) is 0 Å². The van der Waals surface area contributed by atoms with Crippen LogP contribution in [0.25, 0.3) is 0 Å². The van der Waals surface area contributed by atoms with Gasteiger partial charge in [0.1, 0.15) is 72.4 Å². The Balaban J connectivity index is 1.62. The number of hydrogen-bond acceptors (Lipinski definition) is 14. The molecule has 0 aromatic heterocycles. The molecule has 1 aliphatic carbocycles. The summed E-state index contributed by atoms with van der Waals surface area (Å²) in [4.78, 5) is 0. The van der Waals surface area contributed by atoms with Crippen LogP contribution in [0.15, 0.2) is 48.5 Å². The molecule has 14 nitrogen and oxygen atoms in total. The van der Waals surface area contributed by atoms with Crippen LogP contribution in [0.3, 0.4) is 0 Å². The van der Waals surface area contributed by atoms with E-state index in [-0.39, 0.29) is 23.7 Å². The summed E-state index contributed by atoms with van der Waals surface area (Å²) >= 11 is 0. The Kier molecular flexibility index (Phi) is 23.0. The molecule has 3 aliphatic heterocycles. The minimum absolute atomic E-state index is 0.178. The average Bonchev–Trinajstić information content (AvgIpc) is 3.42. The highest BCUT2D eigenvalue weighted by molar-refractivity contribution is 5.63. The second-order valence-corrected chi connectivity index (χ2v) is 19.0. The van der Waals surface area contributed by atoms with Crippen molar-refractivity contribution in [1.82, 2.24) is 0 Å². The summed E-state index contributed by atoms with van der Waals surface area (Å²) in [6.45, 7) is 15.3. The summed E-state index contributed by atoms with van der Waals surface area (Å²) in [6.07, 6.45) is 6.71. The van der Waals surface area contributed by atoms with E-state index in [1.807, 2.05) is 0 Å². The zero-order chi connectivity index (χ0) is 52.1. The van der Waals surface area contributed by atoms with Crippen LogP contribution in [0.4, 0.5) is 0 Å². The third kappa shape index (κ3) is 14.3. The lowest BCUT2D eigenvalue weighted by Crippen LogP contribution is -2.18. The highest BCUT2D eigenvalue weighted by atomic mass is 16.6. The van der Waals surface area contributed by atoms with Gasteiger partial charge in [-0.05, 0) is 49.9 Å². The van der Waals surface area contributed by atoms with Gasteiger partial charge in [0.05, 0.1) is 108 Å². The van der Waals surface area contributed by atoms with Crippen molar-refractivity contribution in [3.63, 3.8) is 0 Å². The number of hydrogen-bond donors (Lipinski definition) is 0. The molecule has 14 heteroatoms. The molecule has 8 rings (SSSR count). The first-order valence-electron chi connectivity index (χ1n) is 27.3. The Hall–Kier alpha value is -4.96. The third-order valence-corrected chi connectivity index (χ3v) is 14.2. The lowest BCUT2D eigenvalue weighted by molar-refractivity contribution is 0.00483. The topological polar surface area (TPSA) is 129 Å². The van der Waals surface area contributed by atoms with Crippen molar-refractivity contribution in [2.75, 3.05) is 134 Å². The fourth-order valence-electron chi connectivity index (χ4n) is 10.8. The number of fused-ring (bicyclic) bond motifs is 15. The second kappa shape index (κ2) is 30.0. The molecule has 0 spiro atoms. The zero-order valence-corrected chi connectivity index (χ0v) is 45.6. The lowest BCUT2D eigenvalue weighted by atomic mass is 9.76. The van der Waals surface area contributed by atoms with Gasteiger partial charge in [0.2, 0.25) is 0 Å². The van der Waals surface area contributed by atoms with Crippen LogP contribution < -0.4 is 37.9 Å². The predicted molar refractivity (Wildman–Crippen MR) is 286 cm³/mol. The SMILES string of the molecule is CCCC1c2cc3c(cc2OC)OCCOCCOCCOCCOc2cc(OC)c(cc21)C(CCC)c1cc2c(OC)cc1OCCOCCOCCOCCOc1cc(OC)c(cc1C2CCC)C3CCC. The van der Waals surface area contributed by atoms with Gasteiger partial charge in [0, 0.05) is 92.4 Å². The van der Waals surface area contributed by atoms with E-state index in [0.717, 1.165) is 142 Å². The molecule has 4 atom stereocenters. The summed E-state index contributed by atoms with van der Waals surface area (Å²) in [5.74, 6) is 5.08. The van der Waals surface area contributed by atoms with Crippen molar-refractivity contribution in [1.29, 1.82) is 0 Å². The monoisotopic (exact) mass is 1030 g/mol. The van der Waals surface area contributed by atoms with E-state index < -0.39 is 0 Å². The van der Waals surface area contributed by atoms with Crippen molar-refractivity contribution in [3.8, 4) is 46.0 Å². The second-order valence-electron chi connectivity index (χ2n) is 19.0. The predicted octanol–water partition coefficient (Wildman–Crippen LogP) is 11.4. The lowest BCUT2D eigenvalue weighted by Gasteiger charge is -2.32. The quantitative estimate of drug-likeness (QED) is 0.125. The first-order valence-corrected chi connectivity index (χ1v) is 27.3. The van der Waals surface area contributed by atoms with Gasteiger partial charge in [-0.1, -0.05) is 53.4 Å². The Morgan fingerprint density at radius 2 is 0.473 bits per heavy atom. The Labute approximate surface area is 440 Å². The fraction of sp³-hybridized carbons (Fsp3) is 0.600. The molecule has 0 N–H and O–H groups in total. The molecule has 10 bridgehead atoms. The molecule has 0 amide bonds. The van der Waals surface area contributed by atoms with E-state index in [1.54, 1.807) is 28.4 Å². The van der Waals surface area contributed by atoms with E-state index in [4.69, 9.17) is 66.3 Å². The van der Waals surface area contributed by atoms with Gasteiger partial charge in [-0.2, -0.15) is 0 Å². The largest absolute Gasteiger partial charge is 0.496 e. The van der Waals surface area contributed by atoms with Gasteiger partial charge < -0.3 is 66.3 Å². The molecule has 0 saturated heterocycles. The summed E-state index contributed by atoms with van der Waals surface area (Å²) in [5, 5.41) is 0. The van der Waals surface area contributed by atoms with Gasteiger partial charge in [-0.15, -0.1) is 0 Å². The van der Waals surface area contributed by atoms with Crippen LogP contribution >= 0.6 is 0 Å². The summed E-state index contributed by atoms with van der Waals surface area (Å²) in [6, 6.07) is 17.6. The normalized spacial score (nSPS) is 20.6. The Bertz CT molecular complexity index is 2150. The molecule has 408 valence electrons. The van der Waals surface area contributed by atoms with Crippen molar-refractivity contribution in [2.45, 2.75) is 103 Å². The summed E-state index contributed by atoms with van der Waals surface area (Å²) < 4.78 is 89.1. The summed E-state index contributed by atoms with van der Waals surface area (Å²) in [7, 11) is 6.98. The number of benzene rings is 4. The Morgan fingerprint density at radius 3 is 0.649 bits per heavy atom. The van der Waals surface area contributed by atoms with Crippen molar-refractivity contribution in [2.24, 2.45) is 0 Å². The minimum atomic E-state index is -0.183. The minimum Gasteiger partial charge on any atom is -0.496 e. The molecule has 4 aromatic rings. The fourth-order valence-corrected chi connectivity index (χ4v) is 10.8. The maximum Gasteiger partial charge on any atom is 0.126 e. The van der Waals surface area contributed by atoms with E-state index >= 15 is 0 Å². The molecular formula is C60H84O14. The molecule has 3 heterocycles. The molecule has 4 aromatic carbocycles. The third-order valence-electron chi connectivity index (χ3n) is 14.2. The van der Waals surface area contributed by atoms with Crippen molar-refractivity contribution < 1.29 is 66.3 Å². The van der Waals surface area contributed by atoms with Crippen LogP contribution in [-0.4, -0.2) is 134 Å². The molecule has 0 fully saturated rings. The molecule has 0 radical (unpaired) electrons. The highest BCUT2D eigenvalue weighted by Gasteiger charge is 2.35. The highest BCUT2D eigenvalue weighted by Crippen LogP contribution is 2.53. The van der Waals surface area contributed by atoms with Crippen LogP contribution in [0.5, 0.6) is 46.0 Å². The maximum absolute atomic E-state index is 6.85. The number of rotatable bonds is 12. The zero-order valence-electron chi connectivity index (χ0n) is 45.6. The smallest absolute Gasteiger partial charge is 0.126 e. The molecule has 4 unspecified atom stereocenters.